The molecule has 0 radical (unpaired) electrons. The number of pyridine rings is 1. The zero-order valence-corrected chi connectivity index (χ0v) is 25.1. The monoisotopic (exact) mass is 530 g/mol. The van der Waals surface area contributed by atoms with Crippen molar-refractivity contribution in [1.29, 1.82) is 0 Å². The van der Waals surface area contributed by atoms with Crippen LogP contribution in [0.3, 0.4) is 0 Å². The number of nitrogens with zero attached hydrogens (tertiary/aromatic N) is 4. The Kier molecular flexibility index (Phi) is 7.51. The molecule has 0 bridgehead atoms. The maximum absolute atomic E-state index is 12.3. The van der Waals surface area contributed by atoms with Gasteiger partial charge in [0.15, 0.2) is 11.6 Å². The Morgan fingerprint density at radius 1 is 1.16 bits per heavy atom. The highest BCUT2D eigenvalue weighted by atomic mass is 28.2. The van der Waals surface area contributed by atoms with Crippen molar-refractivity contribution in [1.82, 2.24) is 20.0 Å². The van der Waals surface area contributed by atoms with Gasteiger partial charge in [-0.3, -0.25) is 4.98 Å². The van der Waals surface area contributed by atoms with Crippen LogP contribution in [-0.4, -0.2) is 61.4 Å². The minimum Gasteiger partial charge on any atom is -0.451 e. The van der Waals surface area contributed by atoms with Gasteiger partial charge in [-0.1, -0.05) is 25.9 Å². The fourth-order valence-electron chi connectivity index (χ4n) is 4.34. The topological polar surface area (TPSA) is 113 Å². The van der Waals surface area contributed by atoms with Crippen LogP contribution < -0.4 is 0 Å². The Morgan fingerprint density at radius 3 is 2.49 bits per heavy atom. The molecule has 1 unspecified atom stereocenters. The van der Waals surface area contributed by atoms with Crippen molar-refractivity contribution in [2.45, 2.75) is 85.2 Å². The number of carbonyl (C=O) groups excluding carboxylic acids is 1. The van der Waals surface area contributed by atoms with E-state index in [9.17, 15) is 4.79 Å². The molecule has 3 aromatic heterocycles. The average Bonchev–Trinajstić information content (AvgIpc) is 3.47. The maximum atomic E-state index is 12.3. The molecule has 0 saturated carbocycles. The van der Waals surface area contributed by atoms with E-state index in [-0.39, 0.29) is 30.1 Å². The lowest BCUT2D eigenvalue weighted by atomic mass is 9.75. The van der Waals surface area contributed by atoms with Crippen LogP contribution in [0, 0.1) is 5.41 Å². The molecule has 0 N–H and O–H groups in total. The van der Waals surface area contributed by atoms with Crippen molar-refractivity contribution in [2.24, 2.45) is 5.41 Å². The number of carbonyl (C=O) groups is 1. The van der Waals surface area contributed by atoms with E-state index in [1.807, 2.05) is 32.9 Å². The summed E-state index contributed by atoms with van der Waals surface area (Å²) < 4.78 is 29.1. The Morgan fingerprint density at radius 2 is 1.86 bits per heavy atom. The minimum absolute atomic E-state index is 0.00754. The van der Waals surface area contributed by atoms with Gasteiger partial charge in [0.05, 0.1) is 17.4 Å². The van der Waals surface area contributed by atoms with E-state index in [1.165, 1.54) is 0 Å². The van der Waals surface area contributed by atoms with Gasteiger partial charge in [-0.15, -0.1) is 0 Å². The van der Waals surface area contributed by atoms with Gasteiger partial charge in [0, 0.05) is 24.7 Å². The van der Waals surface area contributed by atoms with E-state index in [0.29, 0.717) is 40.7 Å². The Balaban J connectivity index is 1.41. The van der Waals surface area contributed by atoms with Crippen molar-refractivity contribution in [3.05, 3.63) is 29.8 Å². The molecule has 37 heavy (non-hydrogen) atoms. The molecule has 1 aliphatic rings. The van der Waals surface area contributed by atoms with Gasteiger partial charge < -0.3 is 27.7 Å². The molecule has 10 nitrogen and oxygen atoms in total. The molecular weight excluding hydrogens is 492 g/mol. The third-order valence-corrected chi connectivity index (χ3v) is 7.77. The fraction of sp³-hybridized carbons (Fsp3) is 0.615. The molecule has 202 valence electrons. The van der Waals surface area contributed by atoms with E-state index in [1.54, 1.807) is 11.1 Å². The number of ether oxygens (including phenoxy) is 2. The summed E-state index contributed by atoms with van der Waals surface area (Å²) >= 11 is 0. The Bertz CT molecular complexity index is 1240. The minimum atomic E-state index is -0.577. The summed E-state index contributed by atoms with van der Waals surface area (Å²) in [6.07, 6.45) is 2.90. The zero-order chi connectivity index (χ0) is 27.0. The van der Waals surface area contributed by atoms with Crippen LogP contribution in [0.4, 0.5) is 4.79 Å². The lowest BCUT2D eigenvalue weighted by Gasteiger charge is -2.41. The van der Waals surface area contributed by atoms with Gasteiger partial charge in [-0.25, -0.2) is 4.79 Å². The third-order valence-electron chi connectivity index (χ3n) is 6.96. The molecule has 0 aliphatic carbocycles. The Labute approximate surface area is 220 Å². The van der Waals surface area contributed by atoms with Crippen molar-refractivity contribution in [3.63, 3.8) is 0 Å². The molecule has 1 amide bonds. The van der Waals surface area contributed by atoms with Crippen LogP contribution in [0.5, 0.6) is 0 Å². The van der Waals surface area contributed by atoms with E-state index >= 15 is 0 Å². The summed E-state index contributed by atoms with van der Waals surface area (Å²) in [7, 11) is 0.572. The highest BCUT2D eigenvalue weighted by Gasteiger charge is 2.41. The Hall–Kier alpha value is -2.76. The molecular formula is C26H38N4O6Si. The molecule has 1 atom stereocenters. The number of furan rings is 1. The fourth-order valence-corrected chi connectivity index (χ4v) is 5.15. The number of piperidine rings is 1. The second-order valence-electron chi connectivity index (χ2n) is 11.7. The van der Waals surface area contributed by atoms with Crippen LogP contribution >= 0.6 is 0 Å². The standard InChI is InChI=1S/C26H38N4O6Si/c1-24(2,3)26(7,36-37)21-17-14-19(33-18(17)8-11-27-21)22-28-20(29-35-22)15-32-16-9-12-30(13-10-16)23(31)34-25(4,5)6/h8,11,14,16H,9-10,12-13,15H2,1-7,37H3. The van der Waals surface area contributed by atoms with Gasteiger partial charge in [-0.05, 0) is 58.1 Å². The first-order valence-corrected chi connectivity index (χ1v) is 13.5. The average molecular weight is 531 g/mol. The van der Waals surface area contributed by atoms with Crippen LogP contribution in [0.25, 0.3) is 22.6 Å². The normalized spacial score (nSPS) is 17.3. The first-order chi connectivity index (χ1) is 17.3. The van der Waals surface area contributed by atoms with Gasteiger partial charge in [-0.2, -0.15) is 4.98 Å². The van der Waals surface area contributed by atoms with Gasteiger partial charge in [0.25, 0.3) is 5.89 Å². The number of aromatic nitrogens is 3. The quantitative estimate of drug-likeness (QED) is 0.429. The smallest absolute Gasteiger partial charge is 0.410 e. The van der Waals surface area contributed by atoms with E-state index in [2.05, 4.69) is 42.8 Å². The van der Waals surface area contributed by atoms with Crippen molar-refractivity contribution >= 4 is 27.5 Å². The second kappa shape index (κ2) is 10.2. The van der Waals surface area contributed by atoms with Gasteiger partial charge in [0.1, 0.15) is 28.3 Å². The van der Waals surface area contributed by atoms with Crippen molar-refractivity contribution in [2.75, 3.05) is 13.1 Å². The summed E-state index contributed by atoms with van der Waals surface area (Å²) in [6.45, 7) is 15.5. The third kappa shape index (κ3) is 5.88. The van der Waals surface area contributed by atoms with E-state index < -0.39 is 11.2 Å². The SMILES string of the molecule is CC(C)(C)OC(=O)N1CCC(OCc2noc(-c3cc4c(C(C)(O[SiH3])C(C)(C)C)nccc4o3)n2)CC1. The largest absolute Gasteiger partial charge is 0.451 e. The lowest BCUT2D eigenvalue weighted by Crippen LogP contribution is -2.43. The van der Waals surface area contributed by atoms with Gasteiger partial charge in [0.2, 0.25) is 0 Å². The van der Waals surface area contributed by atoms with Gasteiger partial charge >= 0.3 is 6.09 Å². The number of hydrogen-bond donors (Lipinski definition) is 0. The first kappa shape index (κ1) is 27.3. The van der Waals surface area contributed by atoms with Crippen LogP contribution in [0.2, 0.25) is 0 Å². The number of fused-ring (bicyclic) bond motifs is 1. The predicted octanol–water partition coefficient (Wildman–Crippen LogP) is 4.35. The summed E-state index contributed by atoms with van der Waals surface area (Å²) in [5.74, 6) is 1.19. The number of likely N-dealkylation sites (tertiary alicyclic amines) is 1. The lowest BCUT2D eigenvalue weighted by molar-refractivity contribution is -0.0190. The zero-order valence-electron chi connectivity index (χ0n) is 23.1. The van der Waals surface area contributed by atoms with Crippen molar-refractivity contribution < 1.29 is 27.6 Å². The number of hydrogen-bond acceptors (Lipinski definition) is 9. The second-order valence-corrected chi connectivity index (χ2v) is 12.1. The highest BCUT2D eigenvalue weighted by Crippen LogP contribution is 2.44. The van der Waals surface area contributed by atoms with E-state index in [4.69, 9.17) is 22.8 Å². The molecule has 3 aromatic rings. The summed E-state index contributed by atoms with van der Waals surface area (Å²) in [4.78, 5) is 23.1. The molecule has 4 heterocycles. The molecule has 1 fully saturated rings. The molecule has 1 saturated heterocycles. The van der Waals surface area contributed by atoms with E-state index in [0.717, 1.165) is 23.9 Å². The summed E-state index contributed by atoms with van der Waals surface area (Å²) in [5.41, 5.74) is 0.249. The maximum Gasteiger partial charge on any atom is 0.410 e. The molecule has 0 spiro atoms. The first-order valence-electron chi connectivity index (χ1n) is 12.7. The van der Waals surface area contributed by atoms with Crippen LogP contribution in [-0.2, 0) is 26.1 Å². The molecule has 11 heteroatoms. The highest BCUT2D eigenvalue weighted by molar-refractivity contribution is 5.98. The summed E-state index contributed by atoms with van der Waals surface area (Å²) in [5, 5.41) is 4.93. The van der Waals surface area contributed by atoms with Crippen LogP contribution in [0.15, 0.2) is 27.3 Å². The molecule has 0 aromatic carbocycles. The summed E-state index contributed by atoms with van der Waals surface area (Å²) in [6, 6.07) is 3.70. The predicted molar refractivity (Wildman–Crippen MR) is 141 cm³/mol. The number of amides is 1. The molecule has 4 rings (SSSR count). The number of rotatable bonds is 6. The van der Waals surface area contributed by atoms with Crippen molar-refractivity contribution in [3.8, 4) is 11.7 Å². The van der Waals surface area contributed by atoms with Crippen LogP contribution in [0.1, 0.15) is 72.8 Å². The molecule has 1 aliphatic heterocycles.